The van der Waals surface area contributed by atoms with Gasteiger partial charge in [-0.15, -0.1) is 11.3 Å². The van der Waals surface area contributed by atoms with Gasteiger partial charge in [-0.2, -0.15) is 0 Å². The summed E-state index contributed by atoms with van der Waals surface area (Å²) in [6.07, 6.45) is 8.06. The largest absolute Gasteiger partial charge is 0.308 e. The number of thiazole rings is 1. The lowest BCUT2D eigenvalue weighted by Crippen LogP contribution is -2.36. The van der Waals surface area contributed by atoms with Gasteiger partial charge in [-0.1, -0.05) is 6.42 Å². The molecule has 2 aliphatic rings. The van der Waals surface area contributed by atoms with Crippen LogP contribution in [-0.2, 0) is 6.54 Å². The van der Waals surface area contributed by atoms with Crippen LogP contribution in [0.5, 0.6) is 0 Å². The van der Waals surface area contributed by atoms with Gasteiger partial charge in [-0.25, -0.2) is 4.98 Å². The number of hydrogen-bond donors (Lipinski definition) is 1. The van der Waals surface area contributed by atoms with Crippen LogP contribution in [0.2, 0.25) is 0 Å². The van der Waals surface area contributed by atoms with Gasteiger partial charge in [-0.3, -0.25) is 4.40 Å². The van der Waals surface area contributed by atoms with E-state index in [9.17, 15) is 0 Å². The van der Waals surface area contributed by atoms with Gasteiger partial charge in [0.05, 0.1) is 11.4 Å². The maximum absolute atomic E-state index is 4.63. The van der Waals surface area contributed by atoms with Crippen LogP contribution in [0.1, 0.15) is 44.0 Å². The Morgan fingerprint density at radius 1 is 1.45 bits per heavy atom. The summed E-state index contributed by atoms with van der Waals surface area (Å²) in [7, 11) is 0. The van der Waals surface area contributed by atoms with E-state index in [2.05, 4.69) is 40.1 Å². The molecule has 1 N–H and O–H groups in total. The Morgan fingerprint density at radius 2 is 2.35 bits per heavy atom. The molecule has 2 aromatic heterocycles. The lowest BCUT2D eigenvalue weighted by molar-refractivity contribution is 0.259. The zero-order valence-corrected chi connectivity index (χ0v) is 13.1. The zero-order valence-electron chi connectivity index (χ0n) is 12.3. The molecular formula is C16H23N3S. The maximum Gasteiger partial charge on any atom is 0.194 e. The van der Waals surface area contributed by atoms with Crippen molar-refractivity contribution in [1.82, 2.24) is 14.7 Å². The molecule has 2 aromatic rings. The molecule has 2 heterocycles. The van der Waals surface area contributed by atoms with Crippen molar-refractivity contribution in [1.29, 1.82) is 0 Å². The second kappa shape index (κ2) is 4.85. The minimum Gasteiger partial charge on any atom is -0.308 e. The molecule has 0 radical (unpaired) electrons. The van der Waals surface area contributed by atoms with Crippen molar-refractivity contribution >= 4 is 16.3 Å². The average molecular weight is 289 g/mol. The molecule has 4 atom stereocenters. The van der Waals surface area contributed by atoms with Gasteiger partial charge in [0.25, 0.3) is 0 Å². The Kier molecular flexibility index (Phi) is 3.11. The van der Waals surface area contributed by atoms with Gasteiger partial charge >= 0.3 is 0 Å². The lowest BCUT2D eigenvalue weighted by Gasteiger charge is -2.28. The molecule has 2 bridgehead atoms. The van der Waals surface area contributed by atoms with Crippen molar-refractivity contribution < 1.29 is 0 Å². The summed E-state index contributed by atoms with van der Waals surface area (Å²) in [5.74, 6) is 2.93. The van der Waals surface area contributed by atoms with Crippen molar-refractivity contribution in [2.75, 3.05) is 0 Å². The average Bonchev–Trinajstić information content (AvgIpc) is 3.16. The molecular weight excluding hydrogens is 266 g/mol. The van der Waals surface area contributed by atoms with Crippen molar-refractivity contribution in [3.05, 3.63) is 23.0 Å². The smallest absolute Gasteiger partial charge is 0.194 e. The van der Waals surface area contributed by atoms with Gasteiger partial charge in [0.2, 0.25) is 0 Å². The van der Waals surface area contributed by atoms with E-state index in [1.54, 1.807) is 11.3 Å². The minimum absolute atomic E-state index is 0.633. The van der Waals surface area contributed by atoms with Crippen molar-refractivity contribution in [3.63, 3.8) is 0 Å². The third-order valence-electron chi connectivity index (χ3n) is 5.59. The van der Waals surface area contributed by atoms with Gasteiger partial charge < -0.3 is 5.32 Å². The molecule has 4 unspecified atom stereocenters. The fourth-order valence-corrected chi connectivity index (χ4v) is 5.25. The summed E-state index contributed by atoms with van der Waals surface area (Å²) in [5, 5.41) is 5.89. The highest BCUT2D eigenvalue weighted by Crippen LogP contribution is 2.49. The Morgan fingerprint density at radius 3 is 3.10 bits per heavy atom. The SMILES string of the molecule is Cc1nc2sccn2c1CNC(C)C1CC2CCC1C2. The van der Waals surface area contributed by atoms with Crippen LogP contribution in [0, 0.1) is 24.7 Å². The molecule has 2 aliphatic carbocycles. The van der Waals surface area contributed by atoms with E-state index in [1.165, 1.54) is 37.1 Å². The molecule has 4 rings (SSSR count). The predicted octanol–water partition coefficient (Wildman–Crippen LogP) is 3.62. The normalized spacial score (nSPS) is 30.4. The van der Waals surface area contributed by atoms with Crippen LogP contribution in [-0.4, -0.2) is 15.4 Å². The zero-order chi connectivity index (χ0) is 13.7. The first-order valence-corrected chi connectivity index (χ1v) is 8.74. The van der Waals surface area contributed by atoms with E-state index >= 15 is 0 Å². The number of nitrogens with zero attached hydrogens (tertiary/aromatic N) is 2. The van der Waals surface area contributed by atoms with E-state index < -0.39 is 0 Å². The van der Waals surface area contributed by atoms with Crippen molar-refractivity contribution in [3.8, 4) is 0 Å². The Hall–Kier alpha value is -0.870. The lowest BCUT2D eigenvalue weighted by atomic mass is 9.84. The van der Waals surface area contributed by atoms with E-state index in [0.29, 0.717) is 6.04 Å². The van der Waals surface area contributed by atoms with Crippen LogP contribution in [0.15, 0.2) is 11.6 Å². The van der Waals surface area contributed by atoms with E-state index in [0.717, 1.165) is 29.3 Å². The van der Waals surface area contributed by atoms with Crippen LogP contribution >= 0.6 is 11.3 Å². The summed E-state index contributed by atoms with van der Waals surface area (Å²) >= 11 is 1.72. The van der Waals surface area contributed by atoms with Crippen LogP contribution < -0.4 is 5.32 Å². The Labute approximate surface area is 124 Å². The second-order valence-corrected chi connectivity index (χ2v) is 7.58. The van der Waals surface area contributed by atoms with Crippen molar-refractivity contribution in [2.45, 2.75) is 52.1 Å². The van der Waals surface area contributed by atoms with E-state index in [1.807, 2.05) is 0 Å². The molecule has 0 spiro atoms. The number of aryl methyl sites for hydroxylation is 1. The van der Waals surface area contributed by atoms with E-state index in [4.69, 9.17) is 0 Å². The highest BCUT2D eigenvalue weighted by Gasteiger charge is 2.41. The van der Waals surface area contributed by atoms with Crippen LogP contribution in [0.3, 0.4) is 0 Å². The highest BCUT2D eigenvalue weighted by molar-refractivity contribution is 7.15. The fraction of sp³-hybridized carbons (Fsp3) is 0.688. The Balaban J connectivity index is 1.45. The number of nitrogens with one attached hydrogen (secondary N) is 1. The van der Waals surface area contributed by atoms with Crippen molar-refractivity contribution in [2.24, 2.45) is 17.8 Å². The quantitative estimate of drug-likeness (QED) is 0.931. The van der Waals surface area contributed by atoms with Crippen LogP contribution in [0.4, 0.5) is 0 Å². The first-order chi connectivity index (χ1) is 9.72. The summed E-state index contributed by atoms with van der Waals surface area (Å²) in [6, 6.07) is 0.633. The van der Waals surface area contributed by atoms with Gasteiger partial charge in [0.15, 0.2) is 4.96 Å². The monoisotopic (exact) mass is 289 g/mol. The summed E-state index contributed by atoms with van der Waals surface area (Å²) in [6.45, 7) is 5.45. The summed E-state index contributed by atoms with van der Waals surface area (Å²) < 4.78 is 2.24. The number of fused-ring (bicyclic) bond motifs is 3. The van der Waals surface area contributed by atoms with Gasteiger partial charge in [0.1, 0.15) is 0 Å². The van der Waals surface area contributed by atoms with E-state index in [-0.39, 0.29) is 0 Å². The molecule has 20 heavy (non-hydrogen) atoms. The molecule has 2 saturated carbocycles. The molecule has 108 valence electrons. The third kappa shape index (κ3) is 2.01. The number of aromatic nitrogens is 2. The standard InChI is InChI=1S/C16H23N3S/c1-10(14-8-12-3-4-13(14)7-12)17-9-15-11(2)18-16-19(15)5-6-20-16/h5-6,10,12-14,17H,3-4,7-9H2,1-2H3. The van der Waals surface area contributed by atoms with Crippen LogP contribution in [0.25, 0.3) is 4.96 Å². The molecule has 0 amide bonds. The molecule has 0 aromatic carbocycles. The molecule has 0 aliphatic heterocycles. The minimum atomic E-state index is 0.633. The predicted molar refractivity (Wildman–Crippen MR) is 83.0 cm³/mol. The molecule has 0 saturated heterocycles. The molecule has 4 heteroatoms. The summed E-state index contributed by atoms with van der Waals surface area (Å²) in [4.78, 5) is 5.75. The Bertz CT molecular complexity index is 614. The van der Waals surface area contributed by atoms with Gasteiger partial charge in [-0.05, 0) is 50.9 Å². The highest BCUT2D eigenvalue weighted by atomic mass is 32.1. The summed E-state index contributed by atoms with van der Waals surface area (Å²) in [5.41, 5.74) is 2.50. The topological polar surface area (TPSA) is 29.3 Å². The molecule has 2 fully saturated rings. The number of hydrogen-bond acceptors (Lipinski definition) is 3. The maximum atomic E-state index is 4.63. The first kappa shape index (κ1) is 12.8. The number of imidazole rings is 1. The molecule has 3 nitrogen and oxygen atoms in total. The third-order valence-corrected chi connectivity index (χ3v) is 6.34. The number of rotatable bonds is 4. The first-order valence-electron chi connectivity index (χ1n) is 7.87. The van der Waals surface area contributed by atoms with Gasteiger partial charge in [0, 0.05) is 24.2 Å². The fourth-order valence-electron chi connectivity index (χ4n) is 4.47. The second-order valence-electron chi connectivity index (χ2n) is 6.71.